The van der Waals surface area contributed by atoms with Crippen molar-refractivity contribution in [2.75, 3.05) is 50.5 Å². The minimum absolute atomic E-state index is 0.0912. The highest BCUT2D eigenvalue weighted by atomic mass is 79.9. The number of nitrogens with one attached hydrogen (secondary N) is 1. The van der Waals surface area contributed by atoms with Crippen LogP contribution in [0.15, 0.2) is 57.9 Å². The molecule has 30 heavy (non-hydrogen) atoms. The first-order chi connectivity index (χ1) is 14.2. The third-order valence-corrected chi connectivity index (χ3v) is 8.71. The topological polar surface area (TPSA) is 96.0 Å². The third-order valence-electron chi connectivity index (χ3n) is 4.83. The number of ether oxygens (including phenoxy) is 1. The number of rotatable bonds is 8. The van der Waals surface area contributed by atoms with Crippen molar-refractivity contribution in [1.29, 1.82) is 0 Å². The Hall–Kier alpha value is -1.66. The maximum absolute atomic E-state index is 12.7. The van der Waals surface area contributed by atoms with Crippen LogP contribution in [0.3, 0.4) is 0 Å². The molecule has 1 saturated heterocycles. The highest BCUT2D eigenvalue weighted by Gasteiger charge is 2.28. The molecule has 8 nitrogen and oxygen atoms in total. The van der Waals surface area contributed by atoms with E-state index in [9.17, 15) is 16.8 Å². The van der Waals surface area contributed by atoms with Crippen molar-refractivity contribution < 1.29 is 21.6 Å². The molecule has 11 heteroatoms. The minimum Gasteiger partial charge on any atom is -0.495 e. The van der Waals surface area contributed by atoms with Crippen molar-refractivity contribution in [3.8, 4) is 5.75 Å². The maximum atomic E-state index is 12.7. The van der Waals surface area contributed by atoms with Crippen LogP contribution in [0.2, 0.25) is 0 Å². The van der Waals surface area contributed by atoms with Crippen LogP contribution in [-0.2, 0) is 20.0 Å². The molecule has 0 bridgehead atoms. The number of anilines is 1. The van der Waals surface area contributed by atoms with Crippen molar-refractivity contribution in [1.82, 2.24) is 9.03 Å². The maximum Gasteiger partial charge on any atom is 0.240 e. The average Bonchev–Trinajstić information content (AvgIpc) is 2.74. The van der Waals surface area contributed by atoms with Gasteiger partial charge in [-0.05, 0) is 36.4 Å². The largest absolute Gasteiger partial charge is 0.495 e. The molecule has 0 saturated carbocycles. The Kier molecular flexibility index (Phi) is 7.40. The lowest BCUT2D eigenvalue weighted by atomic mass is 10.2. The van der Waals surface area contributed by atoms with E-state index in [2.05, 4.69) is 25.6 Å². The summed E-state index contributed by atoms with van der Waals surface area (Å²) in [5.41, 5.74) is 0.930. The second kappa shape index (κ2) is 9.65. The summed E-state index contributed by atoms with van der Waals surface area (Å²) in [7, 11) is -5.73. The molecular formula is C19H24BrN3O5S2. The van der Waals surface area contributed by atoms with E-state index in [0.717, 1.165) is 15.9 Å². The van der Waals surface area contributed by atoms with Gasteiger partial charge in [-0.3, -0.25) is 0 Å². The van der Waals surface area contributed by atoms with E-state index in [1.807, 2.05) is 24.3 Å². The summed E-state index contributed by atoms with van der Waals surface area (Å²) in [5, 5.41) is 0. The first kappa shape index (κ1) is 23.0. The monoisotopic (exact) mass is 517 g/mol. The van der Waals surface area contributed by atoms with Gasteiger partial charge in [-0.25, -0.2) is 21.6 Å². The molecule has 0 spiro atoms. The van der Waals surface area contributed by atoms with Crippen molar-refractivity contribution >= 4 is 41.7 Å². The van der Waals surface area contributed by atoms with Crippen LogP contribution in [-0.4, -0.2) is 66.7 Å². The van der Waals surface area contributed by atoms with Crippen LogP contribution in [0.1, 0.15) is 0 Å². The molecule has 1 fully saturated rings. The molecule has 0 radical (unpaired) electrons. The van der Waals surface area contributed by atoms with Crippen molar-refractivity contribution in [3.63, 3.8) is 0 Å². The molecule has 0 aliphatic carbocycles. The van der Waals surface area contributed by atoms with Crippen LogP contribution in [0.4, 0.5) is 5.69 Å². The Bertz CT molecular complexity index is 1070. The molecule has 3 rings (SSSR count). The van der Waals surface area contributed by atoms with Gasteiger partial charge < -0.3 is 9.64 Å². The van der Waals surface area contributed by atoms with Gasteiger partial charge in [-0.15, -0.1) is 0 Å². The van der Waals surface area contributed by atoms with Gasteiger partial charge in [0.15, 0.2) is 0 Å². The number of sulfonamides is 2. The fraction of sp³-hybridized carbons (Fsp3) is 0.368. The van der Waals surface area contributed by atoms with Crippen LogP contribution in [0.5, 0.6) is 5.75 Å². The zero-order valence-electron chi connectivity index (χ0n) is 16.5. The van der Waals surface area contributed by atoms with E-state index in [1.165, 1.54) is 16.4 Å². The van der Waals surface area contributed by atoms with E-state index in [1.54, 1.807) is 19.2 Å². The predicted molar refractivity (Wildman–Crippen MR) is 120 cm³/mol. The van der Waals surface area contributed by atoms with Gasteiger partial charge in [0.05, 0.1) is 23.4 Å². The van der Waals surface area contributed by atoms with E-state index in [0.29, 0.717) is 26.2 Å². The number of para-hydroxylation sites is 2. The smallest absolute Gasteiger partial charge is 0.240 e. The van der Waals surface area contributed by atoms with E-state index >= 15 is 0 Å². The summed E-state index contributed by atoms with van der Waals surface area (Å²) >= 11 is 3.25. The van der Waals surface area contributed by atoms with Gasteiger partial charge in [-0.1, -0.05) is 28.1 Å². The Morgan fingerprint density at radius 1 is 0.967 bits per heavy atom. The second-order valence-electron chi connectivity index (χ2n) is 6.73. The van der Waals surface area contributed by atoms with Crippen molar-refractivity contribution in [3.05, 3.63) is 53.0 Å². The predicted octanol–water partition coefficient (Wildman–Crippen LogP) is 1.89. The minimum atomic E-state index is -3.76. The number of hydrogen-bond acceptors (Lipinski definition) is 6. The lowest BCUT2D eigenvalue weighted by molar-refractivity contribution is 0.378. The molecule has 1 aliphatic heterocycles. The third kappa shape index (κ3) is 5.52. The Morgan fingerprint density at radius 3 is 2.23 bits per heavy atom. The summed E-state index contributed by atoms with van der Waals surface area (Å²) in [6.45, 7) is 1.54. The second-order valence-corrected chi connectivity index (χ2v) is 11.5. The first-order valence-electron chi connectivity index (χ1n) is 9.34. The van der Waals surface area contributed by atoms with Crippen LogP contribution < -0.4 is 14.4 Å². The van der Waals surface area contributed by atoms with Gasteiger partial charge >= 0.3 is 0 Å². The summed E-state index contributed by atoms with van der Waals surface area (Å²) in [4.78, 5) is 2.18. The van der Waals surface area contributed by atoms with E-state index < -0.39 is 20.0 Å². The summed E-state index contributed by atoms with van der Waals surface area (Å²) in [5.74, 6) is 0.452. The lowest BCUT2D eigenvalue weighted by Gasteiger charge is -2.35. The molecule has 2 aromatic carbocycles. The summed E-state index contributed by atoms with van der Waals surface area (Å²) < 4.78 is 59.9. The van der Waals surface area contributed by atoms with Gasteiger partial charge in [0.1, 0.15) is 5.75 Å². The summed E-state index contributed by atoms with van der Waals surface area (Å²) in [6.07, 6.45) is 0. The zero-order chi connectivity index (χ0) is 21.8. The van der Waals surface area contributed by atoms with E-state index in [-0.39, 0.29) is 17.2 Å². The van der Waals surface area contributed by atoms with Gasteiger partial charge in [0.25, 0.3) is 0 Å². The first-order valence-corrected chi connectivity index (χ1v) is 13.2. The van der Waals surface area contributed by atoms with Crippen LogP contribution >= 0.6 is 15.9 Å². The number of methoxy groups -OCH3 is 1. The fourth-order valence-corrected chi connectivity index (χ4v) is 5.99. The van der Waals surface area contributed by atoms with Crippen molar-refractivity contribution in [2.45, 2.75) is 4.90 Å². The lowest BCUT2D eigenvalue weighted by Crippen LogP contribution is -2.50. The molecule has 2 aromatic rings. The average molecular weight is 518 g/mol. The highest BCUT2D eigenvalue weighted by Crippen LogP contribution is 2.28. The van der Waals surface area contributed by atoms with Gasteiger partial charge in [0.2, 0.25) is 20.0 Å². The van der Waals surface area contributed by atoms with Crippen molar-refractivity contribution in [2.24, 2.45) is 0 Å². The highest BCUT2D eigenvalue weighted by molar-refractivity contribution is 9.10. The number of piperazine rings is 1. The molecule has 1 N–H and O–H groups in total. The fourth-order valence-electron chi connectivity index (χ4n) is 3.23. The molecular weight excluding hydrogens is 494 g/mol. The molecule has 1 aliphatic rings. The Balaban J connectivity index is 1.55. The van der Waals surface area contributed by atoms with Gasteiger partial charge in [0, 0.05) is 37.2 Å². The van der Waals surface area contributed by atoms with E-state index in [4.69, 9.17) is 4.74 Å². The van der Waals surface area contributed by atoms with Crippen LogP contribution in [0.25, 0.3) is 0 Å². The molecule has 0 amide bonds. The molecule has 0 unspecified atom stereocenters. The van der Waals surface area contributed by atoms with Crippen LogP contribution in [0, 0.1) is 0 Å². The zero-order valence-corrected chi connectivity index (χ0v) is 19.7. The molecule has 1 heterocycles. The molecule has 164 valence electrons. The summed E-state index contributed by atoms with van der Waals surface area (Å²) in [6, 6.07) is 13.8. The number of halogens is 1. The number of nitrogens with zero attached hydrogens (tertiary/aromatic N) is 2. The number of hydrogen-bond donors (Lipinski definition) is 1. The van der Waals surface area contributed by atoms with Gasteiger partial charge in [-0.2, -0.15) is 4.31 Å². The standard InChI is InChI=1S/C19H24BrN3O5S2/c1-28-19-5-3-2-4-18(19)22-11-13-23(14-12-22)29(24,25)15-10-21-30(26,27)17-8-6-16(20)7-9-17/h2-9,21H,10-15H2,1H3. The Labute approximate surface area is 186 Å². The Morgan fingerprint density at radius 2 is 1.60 bits per heavy atom. The normalized spacial score (nSPS) is 15.9. The quantitative estimate of drug-likeness (QED) is 0.574. The molecule has 0 atom stereocenters. The SMILES string of the molecule is COc1ccccc1N1CCN(S(=O)(=O)CCNS(=O)(=O)c2ccc(Br)cc2)CC1. The number of benzene rings is 2. The molecule has 0 aromatic heterocycles.